The first-order valence-electron chi connectivity index (χ1n) is 7.40. The highest BCUT2D eigenvalue weighted by Crippen LogP contribution is 2.25. The molecule has 2 aromatic carbocycles. The van der Waals surface area contributed by atoms with Crippen molar-refractivity contribution in [2.45, 2.75) is 32.7 Å². The number of nitrogens with one attached hydrogen (secondary N) is 1. The van der Waals surface area contributed by atoms with Crippen molar-refractivity contribution >= 4 is 15.9 Å². The lowest BCUT2D eigenvalue weighted by Gasteiger charge is -2.19. The van der Waals surface area contributed by atoms with Crippen LogP contribution in [0.4, 0.5) is 4.39 Å². The summed E-state index contributed by atoms with van der Waals surface area (Å²) in [4.78, 5) is 0. The molecule has 0 radical (unpaired) electrons. The van der Waals surface area contributed by atoms with E-state index in [1.54, 1.807) is 6.07 Å². The summed E-state index contributed by atoms with van der Waals surface area (Å²) in [6.07, 6.45) is 1.82. The van der Waals surface area contributed by atoms with Crippen molar-refractivity contribution in [3.63, 3.8) is 0 Å². The average Bonchev–Trinajstić information content (AvgIpc) is 2.50. The van der Waals surface area contributed by atoms with Gasteiger partial charge < -0.3 is 5.32 Å². The minimum atomic E-state index is -0.158. The van der Waals surface area contributed by atoms with Crippen LogP contribution in [-0.2, 0) is 12.8 Å². The summed E-state index contributed by atoms with van der Waals surface area (Å²) in [5, 5.41) is 3.38. The Labute approximate surface area is 134 Å². The van der Waals surface area contributed by atoms with E-state index in [9.17, 15) is 4.39 Å². The molecule has 0 saturated carbocycles. The second-order valence-corrected chi connectivity index (χ2v) is 6.07. The zero-order valence-corrected chi connectivity index (χ0v) is 14.1. The zero-order valence-electron chi connectivity index (χ0n) is 12.5. The summed E-state index contributed by atoms with van der Waals surface area (Å²) in [5.74, 6) is -0.158. The molecule has 0 aromatic heterocycles. The molecule has 2 rings (SSSR count). The van der Waals surface area contributed by atoms with Crippen molar-refractivity contribution in [3.05, 3.63) is 69.4 Å². The largest absolute Gasteiger partial charge is 0.310 e. The number of aryl methyl sites for hydroxylation is 1. The lowest BCUT2D eigenvalue weighted by Crippen LogP contribution is -2.24. The Kier molecular flexibility index (Phi) is 5.95. The predicted molar refractivity (Wildman–Crippen MR) is 90.0 cm³/mol. The highest BCUT2D eigenvalue weighted by Gasteiger charge is 2.16. The standard InChI is InChI=1S/C18H21BrFN/c1-3-13-5-7-14(8-6-13)11-18(21-4-2)16-12-15(19)9-10-17(16)20/h5-10,12,18,21H,3-4,11H2,1-2H3. The maximum absolute atomic E-state index is 14.1. The third-order valence-corrected chi connectivity index (χ3v) is 4.15. The Balaban J connectivity index is 2.23. The fourth-order valence-corrected chi connectivity index (χ4v) is 2.85. The van der Waals surface area contributed by atoms with E-state index in [1.807, 2.05) is 13.0 Å². The lowest BCUT2D eigenvalue weighted by atomic mass is 9.97. The minimum Gasteiger partial charge on any atom is -0.310 e. The Bertz CT molecular complexity index is 580. The Morgan fingerprint density at radius 3 is 2.33 bits per heavy atom. The van der Waals surface area contributed by atoms with Crippen LogP contribution in [0.3, 0.4) is 0 Å². The molecule has 1 atom stereocenters. The molecule has 0 amide bonds. The van der Waals surface area contributed by atoms with E-state index in [-0.39, 0.29) is 11.9 Å². The van der Waals surface area contributed by atoms with Crippen LogP contribution < -0.4 is 5.32 Å². The molecule has 1 unspecified atom stereocenters. The number of hydrogen-bond donors (Lipinski definition) is 1. The molecule has 0 heterocycles. The smallest absolute Gasteiger partial charge is 0.128 e. The van der Waals surface area contributed by atoms with E-state index in [1.165, 1.54) is 17.2 Å². The molecule has 0 fully saturated rings. The van der Waals surface area contributed by atoms with Gasteiger partial charge in [-0.1, -0.05) is 54.0 Å². The minimum absolute atomic E-state index is 0.0139. The Morgan fingerprint density at radius 2 is 1.71 bits per heavy atom. The van der Waals surface area contributed by atoms with Crippen molar-refractivity contribution in [2.75, 3.05) is 6.54 Å². The van der Waals surface area contributed by atoms with Crippen LogP contribution in [0.5, 0.6) is 0 Å². The highest BCUT2D eigenvalue weighted by molar-refractivity contribution is 9.10. The molecule has 1 N–H and O–H groups in total. The quantitative estimate of drug-likeness (QED) is 0.769. The summed E-state index contributed by atoms with van der Waals surface area (Å²) in [7, 11) is 0. The number of likely N-dealkylation sites (N-methyl/N-ethyl adjacent to an activating group) is 1. The highest BCUT2D eigenvalue weighted by atomic mass is 79.9. The van der Waals surface area contributed by atoms with Gasteiger partial charge in [-0.15, -0.1) is 0 Å². The SMILES string of the molecule is CCNC(Cc1ccc(CC)cc1)c1cc(Br)ccc1F. The van der Waals surface area contributed by atoms with Gasteiger partial charge in [-0.25, -0.2) is 4.39 Å². The van der Waals surface area contributed by atoms with Crippen molar-refractivity contribution in [1.82, 2.24) is 5.32 Å². The van der Waals surface area contributed by atoms with E-state index in [4.69, 9.17) is 0 Å². The summed E-state index contributed by atoms with van der Waals surface area (Å²) in [5.41, 5.74) is 3.26. The van der Waals surface area contributed by atoms with Crippen LogP contribution in [0, 0.1) is 5.82 Å². The molecule has 1 nitrogen and oxygen atoms in total. The van der Waals surface area contributed by atoms with Crippen LogP contribution >= 0.6 is 15.9 Å². The Morgan fingerprint density at radius 1 is 1.05 bits per heavy atom. The molecular formula is C18H21BrFN. The van der Waals surface area contributed by atoms with Crippen molar-refractivity contribution in [3.8, 4) is 0 Å². The fourth-order valence-electron chi connectivity index (χ4n) is 2.47. The predicted octanol–water partition coefficient (Wildman–Crippen LogP) is 5.04. The summed E-state index contributed by atoms with van der Waals surface area (Å²) in [6.45, 7) is 5.00. The van der Waals surface area contributed by atoms with Crippen molar-refractivity contribution in [1.29, 1.82) is 0 Å². The number of halogens is 2. The van der Waals surface area contributed by atoms with Crippen LogP contribution in [0.2, 0.25) is 0 Å². The van der Waals surface area contributed by atoms with Gasteiger partial charge in [-0.05, 0) is 48.7 Å². The maximum Gasteiger partial charge on any atom is 0.128 e. The first-order valence-corrected chi connectivity index (χ1v) is 8.19. The monoisotopic (exact) mass is 349 g/mol. The third kappa shape index (κ3) is 4.39. The van der Waals surface area contributed by atoms with Gasteiger partial charge in [0.15, 0.2) is 0 Å². The molecule has 0 aliphatic heterocycles. The summed E-state index contributed by atoms with van der Waals surface area (Å²) >= 11 is 3.43. The molecule has 0 aliphatic carbocycles. The molecule has 0 aliphatic rings. The molecular weight excluding hydrogens is 329 g/mol. The molecule has 2 aromatic rings. The molecule has 112 valence electrons. The van der Waals surface area contributed by atoms with Gasteiger partial charge >= 0.3 is 0 Å². The van der Waals surface area contributed by atoms with Gasteiger partial charge in [0, 0.05) is 16.1 Å². The topological polar surface area (TPSA) is 12.0 Å². The van der Waals surface area contributed by atoms with Gasteiger partial charge in [-0.2, -0.15) is 0 Å². The van der Waals surface area contributed by atoms with Crippen LogP contribution in [-0.4, -0.2) is 6.54 Å². The number of rotatable bonds is 6. The second-order valence-electron chi connectivity index (χ2n) is 5.15. The molecule has 0 saturated heterocycles. The normalized spacial score (nSPS) is 12.4. The van der Waals surface area contributed by atoms with Crippen LogP contribution in [0.25, 0.3) is 0 Å². The summed E-state index contributed by atoms with van der Waals surface area (Å²) in [6, 6.07) is 13.7. The third-order valence-electron chi connectivity index (χ3n) is 3.66. The van der Waals surface area contributed by atoms with E-state index in [0.717, 1.165) is 23.9 Å². The number of hydrogen-bond acceptors (Lipinski definition) is 1. The van der Waals surface area contributed by atoms with Crippen molar-refractivity contribution < 1.29 is 4.39 Å². The first kappa shape index (κ1) is 16.2. The van der Waals surface area contributed by atoms with Crippen LogP contribution in [0.15, 0.2) is 46.9 Å². The van der Waals surface area contributed by atoms with Crippen LogP contribution in [0.1, 0.15) is 36.6 Å². The van der Waals surface area contributed by atoms with Gasteiger partial charge in [0.1, 0.15) is 5.82 Å². The fraction of sp³-hybridized carbons (Fsp3) is 0.333. The molecule has 0 bridgehead atoms. The number of benzene rings is 2. The molecule has 0 spiro atoms. The van der Waals surface area contributed by atoms with Gasteiger partial charge in [0.25, 0.3) is 0 Å². The van der Waals surface area contributed by atoms with Gasteiger partial charge in [0.05, 0.1) is 0 Å². The van der Waals surface area contributed by atoms with E-state index in [0.29, 0.717) is 5.56 Å². The molecule has 3 heteroatoms. The van der Waals surface area contributed by atoms with Crippen molar-refractivity contribution in [2.24, 2.45) is 0 Å². The van der Waals surface area contributed by atoms with E-state index < -0.39 is 0 Å². The van der Waals surface area contributed by atoms with Gasteiger partial charge in [0.2, 0.25) is 0 Å². The second kappa shape index (κ2) is 7.71. The van der Waals surface area contributed by atoms with E-state index in [2.05, 4.69) is 52.4 Å². The molecule has 21 heavy (non-hydrogen) atoms. The zero-order chi connectivity index (χ0) is 15.2. The summed E-state index contributed by atoms with van der Waals surface area (Å²) < 4.78 is 15.0. The maximum atomic E-state index is 14.1. The Hall–Kier alpha value is -1.19. The average molecular weight is 350 g/mol. The van der Waals surface area contributed by atoms with E-state index >= 15 is 0 Å². The first-order chi connectivity index (χ1) is 10.1. The lowest BCUT2D eigenvalue weighted by molar-refractivity contribution is 0.509. The van der Waals surface area contributed by atoms with Gasteiger partial charge in [-0.3, -0.25) is 0 Å².